The SMILES string of the molecule is CCCCCCCCCCOCCCC=C(OCCCCCCCCCC)C(OC)OC(OC)C(=CCCCOCCCCCCCCCC)OCCCCCCCCCC. The van der Waals surface area contributed by atoms with E-state index in [1.165, 1.54) is 180 Å². The molecule has 0 bridgehead atoms. The van der Waals surface area contributed by atoms with E-state index >= 15 is 0 Å². The molecule has 2 unspecified atom stereocenters. The predicted octanol–water partition coefficient (Wildman–Crippen LogP) is 16.9. The van der Waals surface area contributed by atoms with Gasteiger partial charge in [0.05, 0.1) is 13.2 Å². The van der Waals surface area contributed by atoms with E-state index in [9.17, 15) is 0 Å². The van der Waals surface area contributed by atoms with Gasteiger partial charge in [-0.25, -0.2) is 0 Å². The van der Waals surface area contributed by atoms with Crippen LogP contribution < -0.4 is 0 Å². The van der Waals surface area contributed by atoms with Crippen molar-refractivity contribution < 1.29 is 33.2 Å². The number of hydrogen-bond acceptors (Lipinski definition) is 7. The maximum Gasteiger partial charge on any atom is 0.218 e. The van der Waals surface area contributed by atoms with Crippen LogP contribution in [0, 0.1) is 0 Å². The Balaban J connectivity index is 5.33. The van der Waals surface area contributed by atoms with Crippen molar-refractivity contribution >= 4 is 0 Å². The van der Waals surface area contributed by atoms with Gasteiger partial charge in [0.15, 0.2) is 0 Å². The molecule has 0 N–H and O–H groups in total. The standard InChI is InChI=1S/C54H106O7/c1-7-11-15-19-23-27-31-37-45-57-47-41-35-43-51(59-49-39-33-29-25-21-17-13-9-3)53(55-5)61-54(56-6)52(60-50-40-34-30-26-22-18-14-10-4)44-36-42-48-58-46-38-32-28-24-20-16-12-8-2/h43-44,53-54H,7-42,45-50H2,1-6H3. The van der Waals surface area contributed by atoms with E-state index in [1.807, 2.05) is 0 Å². The van der Waals surface area contributed by atoms with Crippen LogP contribution in [0.15, 0.2) is 23.7 Å². The largest absolute Gasteiger partial charge is 0.493 e. The van der Waals surface area contributed by atoms with Gasteiger partial charge in [-0.2, -0.15) is 0 Å². The van der Waals surface area contributed by atoms with Crippen LogP contribution in [0.25, 0.3) is 0 Å². The lowest BCUT2D eigenvalue weighted by Gasteiger charge is -2.27. The summed E-state index contributed by atoms with van der Waals surface area (Å²) in [6.45, 7) is 13.6. The Labute approximate surface area is 380 Å². The molecule has 0 aliphatic heterocycles. The molecule has 0 saturated heterocycles. The second-order valence-electron chi connectivity index (χ2n) is 17.6. The summed E-state index contributed by atoms with van der Waals surface area (Å²) >= 11 is 0. The average molecular weight is 867 g/mol. The lowest BCUT2D eigenvalue weighted by Crippen LogP contribution is -2.30. The van der Waals surface area contributed by atoms with E-state index in [0.717, 1.165) is 77.8 Å². The summed E-state index contributed by atoms with van der Waals surface area (Å²) in [5.41, 5.74) is 0. The second kappa shape index (κ2) is 51.5. The van der Waals surface area contributed by atoms with Crippen LogP contribution in [-0.4, -0.2) is 66.4 Å². The number of hydrogen-bond donors (Lipinski definition) is 0. The highest BCUT2D eigenvalue weighted by Gasteiger charge is 2.25. The maximum atomic E-state index is 6.57. The van der Waals surface area contributed by atoms with Crippen LogP contribution in [0.4, 0.5) is 0 Å². The van der Waals surface area contributed by atoms with Crippen LogP contribution in [0.3, 0.4) is 0 Å². The first-order chi connectivity index (χ1) is 30.2. The molecule has 0 aromatic heterocycles. The summed E-state index contributed by atoms with van der Waals surface area (Å²) in [6, 6.07) is 0. The molecule has 0 aliphatic carbocycles. The zero-order valence-electron chi connectivity index (χ0n) is 41.9. The third-order valence-electron chi connectivity index (χ3n) is 11.6. The Hall–Kier alpha value is -1.12. The predicted molar refractivity (Wildman–Crippen MR) is 261 cm³/mol. The van der Waals surface area contributed by atoms with Crippen molar-refractivity contribution in [3.63, 3.8) is 0 Å². The summed E-state index contributed by atoms with van der Waals surface area (Å²) in [5, 5.41) is 0. The molecule has 0 rings (SSSR count). The van der Waals surface area contributed by atoms with Gasteiger partial charge >= 0.3 is 0 Å². The molecule has 0 aliphatic rings. The highest BCUT2D eigenvalue weighted by molar-refractivity contribution is 5.01. The van der Waals surface area contributed by atoms with E-state index in [1.54, 1.807) is 14.2 Å². The van der Waals surface area contributed by atoms with Gasteiger partial charge in [-0.15, -0.1) is 0 Å². The Bertz CT molecular complexity index is 823. The van der Waals surface area contributed by atoms with Crippen molar-refractivity contribution in [3.05, 3.63) is 23.7 Å². The lowest BCUT2D eigenvalue weighted by molar-refractivity contribution is -0.223. The van der Waals surface area contributed by atoms with E-state index in [4.69, 9.17) is 33.2 Å². The summed E-state index contributed by atoms with van der Waals surface area (Å²) in [7, 11) is 3.37. The summed E-state index contributed by atoms with van der Waals surface area (Å²) in [6.07, 6.45) is 47.6. The third kappa shape index (κ3) is 42.6. The summed E-state index contributed by atoms with van der Waals surface area (Å²) < 4.78 is 43.5. The molecule has 0 saturated carbocycles. The molecular formula is C54H106O7. The average Bonchev–Trinajstić information content (AvgIpc) is 3.27. The van der Waals surface area contributed by atoms with Crippen molar-refractivity contribution in [2.24, 2.45) is 0 Å². The Kier molecular flexibility index (Phi) is 50.6. The molecule has 0 spiro atoms. The molecule has 0 amide bonds. The zero-order chi connectivity index (χ0) is 44.4. The van der Waals surface area contributed by atoms with Crippen molar-refractivity contribution in [2.45, 2.75) is 271 Å². The van der Waals surface area contributed by atoms with Gasteiger partial charge in [-0.3, -0.25) is 0 Å². The Morgan fingerprint density at radius 1 is 0.311 bits per heavy atom. The maximum absolute atomic E-state index is 6.57. The van der Waals surface area contributed by atoms with Gasteiger partial charge in [0.1, 0.15) is 11.5 Å². The van der Waals surface area contributed by atoms with Gasteiger partial charge in [-0.05, 0) is 63.5 Å². The quantitative estimate of drug-likeness (QED) is 0.0343. The highest BCUT2D eigenvalue weighted by Crippen LogP contribution is 2.22. The molecule has 7 heteroatoms. The van der Waals surface area contributed by atoms with Crippen molar-refractivity contribution in [3.8, 4) is 0 Å². The van der Waals surface area contributed by atoms with Crippen molar-refractivity contribution in [2.75, 3.05) is 53.9 Å². The normalized spacial score (nSPS) is 13.3. The number of unbranched alkanes of at least 4 members (excludes halogenated alkanes) is 30. The number of methoxy groups -OCH3 is 2. The summed E-state index contributed by atoms with van der Waals surface area (Å²) in [4.78, 5) is 0. The molecular weight excluding hydrogens is 761 g/mol. The first kappa shape index (κ1) is 59.9. The van der Waals surface area contributed by atoms with Gasteiger partial charge in [-0.1, -0.05) is 207 Å². The molecule has 2 atom stereocenters. The molecule has 364 valence electrons. The molecule has 61 heavy (non-hydrogen) atoms. The second-order valence-corrected chi connectivity index (χ2v) is 17.6. The minimum Gasteiger partial charge on any atom is -0.493 e. The molecule has 0 aromatic carbocycles. The molecule has 0 radical (unpaired) electrons. The van der Waals surface area contributed by atoms with E-state index in [2.05, 4.69) is 39.8 Å². The van der Waals surface area contributed by atoms with E-state index in [0.29, 0.717) is 24.7 Å². The van der Waals surface area contributed by atoms with Gasteiger partial charge in [0.25, 0.3) is 0 Å². The smallest absolute Gasteiger partial charge is 0.218 e. The number of allylic oxidation sites excluding steroid dienone is 2. The van der Waals surface area contributed by atoms with Crippen LogP contribution >= 0.6 is 0 Å². The topological polar surface area (TPSA) is 64.6 Å². The van der Waals surface area contributed by atoms with Gasteiger partial charge in [0.2, 0.25) is 12.6 Å². The molecule has 0 heterocycles. The molecule has 7 nitrogen and oxygen atoms in total. The fourth-order valence-corrected chi connectivity index (χ4v) is 7.63. The number of ether oxygens (including phenoxy) is 7. The first-order valence-corrected chi connectivity index (χ1v) is 26.7. The van der Waals surface area contributed by atoms with Gasteiger partial charge in [0, 0.05) is 40.6 Å². The third-order valence-corrected chi connectivity index (χ3v) is 11.6. The van der Waals surface area contributed by atoms with Gasteiger partial charge < -0.3 is 33.2 Å². The van der Waals surface area contributed by atoms with E-state index < -0.39 is 12.6 Å². The Morgan fingerprint density at radius 3 is 0.836 bits per heavy atom. The minimum absolute atomic E-state index is 0.646. The Morgan fingerprint density at radius 2 is 0.557 bits per heavy atom. The van der Waals surface area contributed by atoms with E-state index in [-0.39, 0.29) is 0 Å². The fraction of sp³-hybridized carbons (Fsp3) is 0.926. The van der Waals surface area contributed by atoms with Crippen molar-refractivity contribution in [1.82, 2.24) is 0 Å². The zero-order valence-corrected chi connectivity index (χ0v) is 41.9. The highest BCUT2D eigenvalue weighted by atomic mass is 16.8. The molecule has 0 fully saturated rings. The summed E-state index contributed by atoms with van der Waals surface area (Å²) in [5.74, 6) is 1.43. The van der Waals surface area contributed by atoms with Crippen molar-refractivity contribution in [1.29, 1.82) is 0 Å². The fourth-order valence-electron chi connectivity index (χ4n) is 7.63. The lowest BCUT2D eigenvalue weighted by atomic mass is 10.1. The van der Waals surface area contributed by atoms with Crippen LogP contribution in [0.1, 0.15) is 259 Å². The molecule has 0 aromatic rings. The van der Waals surface area contributed by atoms with Crippen LogP contribution in [0.5, 0.6) is 0 Å². The monoisotopic (exact) mass is 867 g/mol. The van der Waals surface area contributed by atoms with Crippen LogP contribution in [0.2, 0.25) is 0 Å². The minimum atomic E-state index is -0.706. The van der Waals surface area contributed by atoms with Crippen LogP contribution in [-0.2, 0) is 33.2 Å². The number of rotatable bonds is 52. The first-order valence-electron chi connectivity index (χ1n) is 26.7.